The standard InChI is InChI=1S/C48H34N2/c1-4-16-35(17-5-1)36-28-30-39(31-29-36)49(45-25-13-10-22-41(45)37-18-6-2-7-19-37)40-32-33-44-43-24-12-15-27-47(43)50(48(44)34-40)46-26-14-11-23-42(46)38-20-8-3-9-21-38/h1-34H. The molecule has 2 heteroatoms. The van der Waals surface area contributed by atoms with Gasteiger partial charge in [-0.25, -0.2) is 0 Å². The molecule has 0 aliphatic rings. The van der Waals surface area contributed by atoms with Gasteiger partial charge in [-0.3, -0.25) is 0 Å². The maximum absolute atomic E-state index is 2.44. The molecule has 0 aliphatic heterocycles. The molecule has 0 saturated carbocycles. The van der Waals surface area contributed by atoms with Crippen molar-refractivity contribution in [1.29, 1.82) is 0 Å². The van der Waals surface area contributed by atoms with E-state index in [0.29, 0.717) is 0 Å². The van der Waals surface area contributed by atoms with Gasteiger partial charge in [0.25, 0.3) is 0 Å². The van der Waals surface area contributed by atoms with E-state index in [9.17, 15) is 0 Å². The minimum atomic E-state index is 1.09. The van der Waals surface area contributed by atoms with E-state index in [1.54, 1.807) is 0 Å². The molecule has 0 atom stereocenters. The Bertz CT molecular complexity index is 2570. The molecule has 236 valence electrons. The third-order valence-electron chi connectivity index (χ3n) is 9.61. The predicted molar refractivity (Wildman–Crippen MR) is 212 cm³/mol. The molecule has 0 fully saturated rings. The van der Waals surface area contributed by atoms with Crippen LogP contribution in [0.5, 0.6) is 0 Å². The van der Waals surface area contributed by atoms with Crippen LogP contribution in [-0.4, -0.2) is 4.57 Å². The summed E-state index contributed by atoms with van der Waals surface area (Å²) in [5, 5.41) is 2.46. The number of hydrogen-bond donors (Lipinski definition) is 0. The summed E-state index contributed by atoms with van der Waals surface area (Å²) in [6.07, 6.45) is 0. The molecule has 0 bridgehead atoms. The van der Waals surface area contributed by atoms with Crippen LogP contribution in [0.2, 0.25) is 0 Å². The minimum Gasteiger partial charge on any atom is -0.310 e. The molecule has 8 aromatic carbocycles. The lowest BCUT2D eigenvalue weighted by Gasteiger charge is -2.28. The molecule has 1 heterocycles. The van der Waals surface area contributed by atoms with Crippen LogP contribution in [0.25, 0.3) is 60.9 Å². The number of rotatable bonds is 7. The number of hydrogen-bond acceptors (Lipinski definition) is 1. The number of nitrogens with zero attached hydrogens (tertiary/aromatic N) is 2. The number of fused-ring (bicyclic) bond motifs is 3. The van der Waals surface area contributed by atoms with Crippen LogP contribution in [-0.2, 0) is 0 Å². The monoisotopic (exact) mass is 638 g/mol. The molecule has 0 unspecified atom stereocenters. The number of benzene rings is 8. The van der Waals surface area contributed by atoms with Crippen LogP contribution >= 0.6 is 0 Å². The fraction of sp³-hybridized carbons (Fsp3) is 0. The molecule has 2 nitrogen and oxygen atoms in total. The van der Waals surface area contributed by atoms with Crippen molar-refractivity contribution >= 4 is 38.9 Å². The van der Waals surface area contributed by atoms with E-state index >= 15 is 0 Å². The third-order valence-corrected chi connectivity index (χ3v) is 9.61. The molecular weight excluding hydrogens is 605 g/mol. The molecule has 0 aliphatic carbocycles. The Morgan fingerprint density at radius 2 is 0.820 bits per heavy atom. The van der Waals surface area contributed by atoms with Crippen molar-refractivity contribution in [2.45, 2.75) is 0 Å². The fourth-order valence-corrected chi connectivity index (χ4v) is 7.28. The molecule has 0 spiro atoms. The molecule has 0 N–H and O–H groups in total. The van der Waals surface area contributed by atoms with Crippen LogP contribution in [0.15, 0.2) is 206 Å². The Morgan fingerprint density at radius 1 is 0.320 bits per heavy atom. The zero-order chi connectivity index (χ0) is 33.3. The summed E-state index contributed by atoms with van der Waals surface area (Å²) < 4.78 is 2.44. The van der Waals surface area contributed by atoms with Gasteiger partial charge in [0, 0.05) is 33.3 Å². The zero-order valence-corrected chi connectivity index (χ0v) is 27.5. The molecule has 50 heavy (non-hydrogen) atoms. The summed E-state index contributed by atoms with van der Waals surface area (Å²) in [7, 11) is 0. The topological polar surface area (TPSA) is 8.17 Å². The smallest absolute Gasteiger partial charge is 0.0562 e. The maximum atomic E-state index is 2.44. The first kappa shape index (κ1) is 29.5. The van der Waals surface area contributed by atoms with Crippen molar-refractivity contribution in [2.75, 3.05) is 4.90 Å². The van der Waals surface area contributed by atoms with Gasteiger partial charge in [0.05, 0.1) is 22.4 Å². The zero-order valence-electron chi connectivity index (χ0n) is 27.5. The van der Waals surface area contributed by atoms with Crippen molar-refractivity contribution in [3.63, 3.8) is 0 Å². The SMILES string of the molecule is c1ccc(-c2ccc(N(c3ccc4c5ccccc5n(-c5ccccc5-c5ccccc5)c4c3)c3ccccc3-c3ccccc3)cc2)cc1. The summed E-state index contributed by atoms with van der Waals surface area (Å²) >= 11 is 0. The predicted octanol–water partition coefficient (Wildman–Crippen LogP) is 13.3. The van der Waals surface area contributed by atoms with Gasteiger partial charge in [-0.15, -0.1) is 0 Å². The van der Waals surface area contributed by atoms with Crippen molar-refractivity contribution in [1.82, 2.24) is 4.57 Å². The van der Waals surface area contributed by atoms with Crippen molar-refractivity contribution in [2.24, 2.45) is 0 Å². The average molecular weight is 639 g/mol. The van der Waals surface area contributed by atoms with E-state index in [1.807, 2.05) is 0 Å². The molecule has 1 aromatic heterocycles. The Balaban J connectivity index is 1.29. The molecule has 9 rings (SSSR count). The highest BCUT2D eigenvalue weighted by Gasteiger charge is 2.21. The van der Waals surface area contributed by atoms with Gasteiger partial charge >= 0.3 is 0 Å². The average Bonchev–Trinajstić information content (AvgIpc) is 3.53. The summed E-state index contributed by atoms with van der Waals surface area (Å²) in [5.41, 5.74) is 14.0. The van der Waals surface area contributed by atoms with Gasteiger partial charge in [-0.05, 0) is 64.7 Å². The summed E-state index contributed by atoms with van der Waals surface area (Å²) in [4.78, 5) is 2.40. The second kappa shape index (κ2) is 12.8. The van der Waals surface area contributed by atoms with Gasteiger partial charge in [0.1, 0.15) is 0 Å². The van der Waals surface area contributed by atoms with E-state index in [0.717, 1.165) is 28.3 Å². The van der Waals surface area contributed by atoms with Crippen LogP contribution in [0.4, 0.5) is 17.1 Å². The van der Waals surface area contributed by atoms with E-state index in [-0.39, 0.29) is 0 Å². The minimum absolute atomic E-state index is 1.09. The first-order chi connectivity index (χ1) is 24.8. The first-order valence-electron chi connectivity index (χ1n) is 17.1. The van der Waals surface area contributed by atoms with Crippen molar-refractivity contribution in [3.05, 3.63) is 206 Å². The van der Waals surface area contributed by atoms with Crippen LogP contribution in [0, 0.1) is 0 Å². The Hall–Kier alpha value is -6.64. The van der Waals surface area contributed by atoms with Crippen molar-refractivity contribution < 1.29 is 0 Å². The van der Waals surface area contributed by atoms with Crippen LogP contribution in [0.1, 0.15) is 0 Å². The lowest BCUT2D eigenvalue weighted by molar-refractivity contribution is 1.18. The van der Waals surface area contributed by atoms with Crippen LogP contribution in [0.3, 0.4) is 0 Å². The van der Waals surface area contributed by atoms with Crippen LogP contribution < -0.4 is 4.90 Å². The van der Waals surface area contributed by atoms with Gasteiger partial charge in [0.15, 0.2) is 0 Å². The lowest BCUT2D eigenvalue weighted by Crippen LogP contribution is -2.11. The molecule has 0 radical (unpaired) electrons. The van der Waals surface area contributed by atoms with E-state index in [4.69, 9.17) is 0 Å². The highest BCUT2D eigenvalue weighted by atomic mass is 15.1. The normalized spacial score (nSPS) is 11.2. The Morgan fingerprint density at radius 3 is 1.54 bits per heavy atom. The largest absolute Gasteiger partial charge is 0.310 e. The third kappa shape index (κ3) is 5.24. The highest BCUT2D eigenvalue weighted by Crippen LogP contribution is 2.44. The van der Waals surface area contributed by atoms with Gasteiger partial charge < -0.3 is 9.47 Å². The summed E-state index contributed by atoms with van der Waals surface area (Å²) in [5.74, 6) is 0. The molecular formula is C48H34N2. The number of aromatic nitrogens is 1. The summed E-state index contributed by atoms with van der Waals surface area (Å²) in [6.45, 7) is 0. The first-order valence-corrected chi connectivity index (χ1v) is 17.1. The molecule has 9 aromatic rings. The second-order valence-electron chi connectivity index (χ2n) is 12.6. The van der Waals surface area contributed by atoms with Gasteiger partial charge in [-0.2, -0.15) is 0 Å². The molecule has 0 amide bonds. The quantitative estimate of drug-likeness (QED) is 0.169. The maximum Gasteiger partial charge on any atom is 0.0562 e. The van der Waals surface area contributed by atoms with Gasteiger partial charge in [-0.1, -0.05) is 164 Å². The van der Waals surface area contributed by atoms with E-state index in [2.05, 4.69) is 216 Å². The number of anilines is 3. The van der Waals surface area contributed by atoms with Crippen molar-refractivity contribution in [3.8, 4) is 39.1 Å². The second-order valence-corrected chi connectivity index (χ2v) is 12.6. The molecule has 0 saturated heterocycles. The Kier molecular flexibility index (Phi) is 7.53. The Labute approximate surface area is 292 Å². The van der Waals surface area contributed by atoms with E-state index in [1.165, 1.54) is 49.7 Å². The van der Waals surface area contributed by atoms with E-state index < -0.39 is 0 Å². The van der Waals surface area contributed by atoms with Gasteiger partial charge in [0.2, 0.25) is 0 Å². The summed E-state index contributed by atoms with van der Waals surface area (Å²) in [6, 6.07) is 74.1. The highest BCUT2D eigenvalue weighted by molar-refractivity contribution is 6.11. The fourth-order valence-electron chi connectivity index (χ4n) is 7.28. The number of para-hydroxylation sites is 3. The lowest BCUT2D eigenvalue weighted by atomic mass is 10.0.